The van der Waals surface area contributed by atoms with Gasteiger partial charge in [0.25, 0.3) is 11.8 Å². The zero-order chi connectivity index (χ0) is 28.7. The molecule has 1 saturated heterocycles. The van der Waals surface area contributed by atoms with Crippen molar-refractivity contribution in [1.29, 1.82) is 0 Å². The van der Waals surface area contributed by atoms with Gasteiger partial charge < -0.3 is 25.3 Å². The molecule has 14 heteroatoms. The number of imidazole rings is 1. The first kappa shape index (κ1) is 27.3. The van der Waals surface area contributed by atoms with Crippen molar-refractivity contribution in [3.05, 3.63) is 76.1 Å². The van der Waals surface area contributed by atoms with Crippen LogP contribution in [-0.2, 0) is 9.53 Å². The smallest absolute Gasteiger partial charge is 0.287 e. The Balaban J connectivity index is 1.50. The third-order valence-corrected chi connectivity index (χ3v) is 8.35. The average Bonchev–Trinajstić information content (AvgIpc) is 3.58. The van der Waals surface area contributed by atoms with Crippen molar-refractivity contribution in [2.24, 2.45) is 0 Å². The molecule has 2 unspecified atom stereocenters. The number of halogens is 2. The van der Waals surface area contributed by atoms with Crippen LogP contribution in [0.2, 0.25) is 5.02 Å². The number of hydrogen-bond acceptors (Lipinski definition) is 8. The lowest BCUT2D eigenvalue weighted by Gasteiger charge is -2.36. The van der Waals surface area contributed by atoms with E-state index in [-0.39, 0.29) is 34.5 Å². The van der Waals surface area contributed by atoms with E-state index in [2.05, 4.69) is 30.2 Å². The van der Waals surface area contributed by atoms with Gasteiger partial charge in [0.05, 0.1) is 29.6 Å². The Morgan fingerprint density at radius 2 is 1.98 bits per heavy atom. The highest BCUT2D eigenvalue weighted by Gasteiger charge is 2.42. The second kappa shape index (κ2) is 11.2. The van der Waals surface area contributed by atoms with E-state index in [1.54, 1.807) is 6.07 Å². The number of benzene rings is 2. The summed E-state index contributed by atoms with van der Waals surface area (Å²) in [4.78, 5) is 46.9. The van der Waals surface area contributed by atoms with Gasteiger partial charge in [0.2, 0.25) is 11.7 Å². The largest absolute Gasteiger partial charge is 0.379 e. The SMILES string of the molecule is CNC(=O)c1nc(NC(=O)c2nsc3ccccc23)c2n1C(CN1CCOCC1)C(=O)NC2c1cc(F)ccc1Cl. The number of morpholine rings is 1. The molecular formula is C27H25ClFN7O4S. The quantitative estimate of drug-likeness (QED) is 0.311. The van der Waals surface area contributed by atoms with Crippen LogP contribution in [-0.4, -0.2) is 76.4 Å². The molecule has 0 spiro atoms. The van der Waals surface area contributed by atoms with Crippen LogP contribution >= 0.6 is 23.1 Å². The molecule has 2 atom stereocenters. The summed E-state index contributed by atoms with van der Waals surface area (Å²) in [6, 6.07) is 9.24. The minimum Gasteiger partial charge on any atom is -0.379 e. The van der Waals surface area contributed by atoms with Gasteiger partial charge in [-0.15, -0.1) is 0 Å². The summed E-state index contributed by atoms with van der Waals surface area (Å²) >= 11 is 7.68. The number of carbonyl (C=O) groups is 3. The molecule has 3 N–H and O–H groups in total. The normalized spacial score (nSPS) is 19.0. The van der Waals surface area contributed by atoms with Gasteiger partial charge in [-0.05, 0) is 35.8 Å². The Bertz CT molecular complexity index is 1670. The first-order chi connectivity index (χ1) is 19.9. The maximum Gasteiger partial charge on any atom is 0.287 e. The lowest BCUT2D eigenvalue weighted by molar-refractivity contribution is -0.127. The summed E-state index contributed by atoms with van der Waals surface area (Å²) in [7, 11) is 1.45. The third-order valence-electron chi connectivity index (χ3n) is 7.18. The lowest BCUT2D eigenvalue weighted by Crippen LogP contribution is -2.50. The number of hydrogen-bond donors (Lipinski definition) is 3. The molecule has 2 aliphatic heterocycles. The average molecular weight is 598 g/mol. The van der Waals surface area contributed by atoms with Crippen LogP contribution in [0, 0.1) is 5.82 Å². The van der Waals surface area contributed by atoms with Crippen LogP contribution in [0.3, 0.4) is 0 Å². The molecular weight excluding hydrogens is 573 g/mol. The number of nitrogens with zero attached hydrogens (tertiary/aromatic N) is 4. The van der Waals surface area contributed by atoms with Crippen molar-refractivity contribution >= 4 is 56.8 Å². The predicted octanol–water partition coefficient (Wildman–Crippen LogP) is 2.99. The van der Waals surface area contributed by atoms with Gasteiger partial charge >= 0.3 is 0 Å². The Kier molecular flexibility index (Phi) is 7.43. The fourth-order valence-corrected chi connectivity index (χ4v) is 6.19. The Morgan fingerprint density at radius 1 is 1.20 bits per heavy atom. The van der Waals surface area contributed by atoms with Gasteiger partial charge in [-0.1, -0.05) is 29.8 Å². The molecule has 11 nitrogen and oxygen atoms in total. The summed E-state index contributed by atoms with van der Waals surface area (Å²) in [5.74, 6) is -2.12. The van der Waals surface area contributed by atoms with Crippen LogP contribution in [0.25, 0.3) is 10.1 Å². The van der Waals surface area contributed by atoms with Crippen molar-refractivity contribution in [1.82, 2.24) is 29.5 Å². The number of amides is 3. The van der Waals surface area contributed by atoms with Crippen LogP contribution in [0.1, 0.15) is 44.4 Å². The number of fused-ring (bicyclic) bond motifs is 2. The molecule has 212 valence electrons. The monoisotopic (exact) mass is 597 g/mol. The van der Waals surface area contributed by atoms with Crippen LogP contribution < -0.4 is 16.0 Å². The van der Waals surface area contributed by atoms with Gasteiger partial charge in [-0.2, -0.15) is 4.37 Å². The highest BCUT2D eigenvalue weighted by Crippen LogP contribution is 2.39. The zero-order valence-electron chi connectivity index (χ0n) is 21.8. The summed E-state index contributed by atoms with van der Waals surface area (Å²) in [6.07, 6.45) is 0. The summed E-state index contributed by atoms with van der Waals surface area (Å²) in [5.41, 5.74) is 0.741. The second-order valence-corrected chi connectivity index (χ2v) is 10.8. The van der Waals surface area contributed by atoms with E-state index in [9.17, 15) is 18.8 Å². The van der Waals surface area contributed by atoms with Crippen molar-refractivity contribution in [3.8, 4) is 0 Å². The fourth-order valence-electron chi connectivity index (χ4n) is 5.19. The summed E-state index contributed by atoms with van der Waals surface area (Å²) in [6.45, 7) is 2.48. The van der Waals surface area contributed by atoms with E-state index in [1.807, 2.05) is 18.2 Å². The van der Waals surface area contributed by atoms with Crippen molar-refractivity contribution in [2.45, 2.75) is 12.1 Å². The highest BCUT2D eigenvalue weighted by molar-refractivity contribution is 7.13. The van der Waals surface area contributed by atoms with Crippen LogP contribution in [0.15, 0.2) is 42.5 Å². The van der Waals surface area contributed by atoms with Crippen LogP contribution in [0.5, 0.6) is 0 Å². The van der Waals surface area contributed by atoms with Gasteiger partial charge in [0.15, 0.2) is 5.82 Å². The maximum atomic E-state index is 14.4. The lowest BCUT2D eigenvalue weighted by atomic mass is 9.98. The molecule has 0 saturated carbocycles. The van der Waals surface area contributed by atoms with Gasteiger partial charge in [-0.25, -0.2) is 9.37 Å². The van der Waals surface area contributed by atoms with E-state index in [4.69, 9.17) is 16.3 Å². The molecule has 2 aromatic heterocycles. The summed E-state index contributed by atoms with van der Waals surface area (Å²) < 4.78 is 26.6. The van der Waals surface area contributed by atoms with Crippen molar-refractivity contribution < 1.29 is 23.5 Å². The molecule has 4 heterocycles. The molecule has 41 heavy (non-hydrogen) atoms. The maximum absolute atomic E-state index is 14.4. The van der Waals surface area contributed by atoms with Crippen molar-refractivity contribution in [2.75, 3.05) is 45.2 Å². The molecule has 0 bridgehead atoms. The number of aromatic nitrogens is 3. The van der Waals surface area contributed by atoms with E-state index in [1.165, 1.54) is 41.3 Å². The first-order valence-corrected chi connectivity index (χ1v) is 14.1. The number of ether oxygens (including phenoxy) is 1. The molecule has 1 fully saturated rings. The van der Waals surface area contributed by atoms with Crippen LogP contribution in [0.4, 0.5) is 10.2 Å². The van der Waals surface area contributed by atoms with E-state index >= 15 is 0 Å². The van der Waals surface area contributed by atoms with E-state index in [0.717, 1.165) is 4.70 Å². The molecule has 0 aliphatic carbocycles. The fraction of sp³-hybridized carbons (Fsp3) is 0.296. The molecule has 2 aromatic carbocycles. The Hall–Kier alpha value is -3.91. The topological polar surface area (TPSA) is 130 Å². The number of rotatable bonds is 6. The minimum atomic E-state index is -1.01. The van der Waals surface area contributed by atoms with E-state index in [0.29, 0.717) is 37.4 Å². The number of carbonyl (C=O) groups excluding carboxylic acids is 3. The minimum absolute atomic E-state index is 0.0305. The Morgan fingerprint density at radius 3 is 2.76 bits per heavy atom. The molecule has 4 aromatic rings. The zero-order valence-corrected chi connectivity index (χ0v) is 23.4. The van der Waals surface area contributed by atoms with Gasteiger partial charge in [0, 0.05) is 42.7 Å². The molecule has 0 radical (unpaired) electrons. The second-order valence-electron chi connectivity index (χ2n) is 9.64. The number of anilines is 1. The summed E-state index contributed by atoms with van der Waals surface area (Å²) in [5, 5.41) is 9.17. The van der Waals surface area contributed by atoms with Gasteiger partial charge in [0.1, 0.15) is 17.6 Å². The van der Waals surface area contributed by atoms with Crippen molar-refractivity contribution in [3.63, 3.8) is 0 Å². The third kappa shape index (κ3) is 5.05. The first-order valence-electron chi connectivity index (χ1n) is 12.9. The standard InChI is InChI=1S/C27H25ClFN7O4S/c1-30-27(39)24-32-23(33-26(38)21-15-4-2-3-5-19(15)41-34-21)22-20(16-12-14(29)6-7-17(16)28)31-25(37)18(36(22)24)13-35-8-10-40-11-9-35/h2-7,12,18,20H,8-11,13H2,1H3,(H,30,39)(H,31,37)(H,33,38). The number of nitrogens with one attached hydrogen (secondary N) is 3. The molecule has 3 amide bonds. The van der Waals surface area contributed by atoms with Gasteiger partial charge in [-0.3, -0.25) is 19.3 Å². The highest BCUT2D eigenvalue weighted by atomic mass is 35.5. The molecule has 2 aliphatic rings. The molecule has 6 rings (SSSR count). The Labute approximate surface area is 242 Å². The van der Waals surface area contributed by atoms with E-state index < -0.39 is 35.6 Å². The predicted molar refractivity (Wildman–Crippen MR) is 151 cm³/mol.